The highest BCUT2D eigenvalue weighted by atomic mass is 19.1. The van der Waals surface area contributed by atoms with Gasteiger partial charge in [0.25, 0.3) is 0 Å². The fourth-order valence-corrected chi connectivity index (χ4v) is 3.75. The SMILES string of the molecule is CCN(CC(=O)NCc1ccc(F)cc1)C(=O)CN1CCN(Cc2ccc(C#N)cc2)CC1. The van der Waals surface area contributed by atoms with Crippen molar-refractivity contribution in [2.75, 3.05) is 45.8 Å². The van der Waals surface area contributed by atoms with Crippen molar-refractivity contribution >= 4 is 11.8 Å². The van der Waals surface area contributed by atoms with Crippen molar-refractivity contribution < 1.29 is 14.0 Å². The van der Waals surface area contributed by atoms with Gasteiger partial charge in [-0.05, 0) is 42.3 Å². The van der Waals surface area contributed by atoms with E-state index in [0.29, 0.717) is 25.2 Å². The second-order valence-electron chi connectivity index (χ2n) is 8.17. The quantitative estimate of drug-likeness (QED) is 0.631. The van der Waals surface area contributed by atoms with Crippen LogP contribution in [0.4, 0.5) is 4.39 Å². The molecule has 2 aromatic rings. The molecule has 1 saturated heterocycles. The molecule has 1 N–H and O–H groups in total. The number of piperazine rings is 1. The minimum Gasteiger partial charge on any atom is -0.350 e. The van der Waals surface area contributed by atoms with E-state index >= 15 is 0 Å². The first-order valence-corrected chi connectivity index (χ1v) is 11.2. The molecule has 0 radical (unpaired) electrons. The standard InChI is InChI=1S/C25H30FN5O2/c1-2-31(18-24(32)28-16-21-7-9-23(26)10-8-21)25(33)19-30-13-11-29(12-14-30)17-22-5-3-20(15-27)4-6-22/h3-10H,2,11-14,16-19H2,1H3,(H,28,32). The van der Waals surface area contributed by atoms with Crippen molar-refractivity contribution in [3.8, 4) is 6.07 Å². The summed E-state index contributed by atoms with van der Waals surface area (Å²) >= 11 is 0. The lowest BCUT2D eigenvalue weighted by atomic mass is 10.1. The smallest absolute Gasteiger partial charge is 0.239 e. The summed E-state index contributed by atoms with van der Waals surface area (Å²) in [4.78, 5) is 31.1. The molecule has 1 heterocycles. The maximum Gasteiger partial charge on any atom is 0.239 e. The highest BCUT2D eigenvalue weighted by Gasteiger charge is 2.22. The Morgan fingerprint density at radius 2 is 1.61 bits per heavy atom. The summed E-state index contributed by atoms with van der Waals surface area (Å²) in [5, 5.41) is 11.7. The van der Waals surface area contributed by atoms with Gasteiger partial charge in [-0.15, -0.1) is 0 Å². The maximum atomic E-state index is 13.0. The van der Waals surface area contributed by atoms with Crippen LogP contribution in [0.25, 0.3) is 0 Å². The number of amides is 2. The van der Waals surface area contributed by atoms with Crippen LogP contribution in [0.1, 0.15) is 23.6 Å². The number of rotatable bonds is 9. The highest BCUT2D eigenvalue weighted by Crippen LogP contribution is 2.10. The lowest BCUT2D eigenvalue weighted by molar-refractivity contribution is -0.137. The van der Waals surface area contributed by atoms with E-state index in [0.717, 1.165) is 38.3 Å². The van der Waals surface area contributed by atoms with Crippen molar-refractivity contribution in [3.63, 3.8) is 0 Å². The number of hydrogen-bond acceptors (Lipinski definition) is 5. The van der Waals surface area contributed by atoms with E-state index in [1.54, 1.807) is 17.0 Å². The molecule has 3 rings (SSSR count). The van der Waals surface area contributed by atoms with E-state index in [4.69, 9.17) is 5.26 Å². The minimum atomic E-state index is -0.317. The van der Waals surface area contributed by atoms with Crippen LogP contribution in [-0.4, -0.2) is 72.3 Å². The lowest BCUT2D eigenvalue weighted by Gasteiger charge is -2.35. The zero-order valence-corrected chi connectivity index (χ0v) is 19.0. The van der Waals surface area contributed by atoms with Crippen LogP contribution in [0.15, 0.2) is 48.5 Å². The monoisotopic (exact) mass is 451 g/mol. The Labute approximate surface area is 194 Å². The van der Waals surface area contributed by atoms with Gasteiger partial charge in [-0.1, -0.05) is 24.3 Å². The van der Waals surface area contributed by atoms with E-state index in [-0.39, 0.29) is 24.2 Å². The predicted molar refractivity (Wildman–Crippen MR) is 123 cm³/mol. The fourth-order valence-electron chi connectivity index (χ4n) is 3.75. The number of nitrogens with one attached hydrogen (secondary N) is 1. The third-order valence-corrected chi connectivity index (χ3v) is 5.78. The fraction of sp³-hybridized carbons (Fsp3) is 0.400. The molecule has 0 aliphatic carbocycles. The van der Waals surface area contributed by atoms with E-state index < -0.39 is 0 Å². The first-order chi connectivity index (χ1) is 16.0. The van der Waals surface area contributed by atoms with Crippen LogP contribution in [0.5, 0.6) is 0 Å². The summed E-state index contributed by atoms with van der Waals surface area (Å²) in [7, 11) is 0. The van der Waals surface area contributed by atoms with Crippen LogP contribution < -0.4 is 5.32 Å². The lowest BCUT2D eigenvalue weighted by Crippen LogP contribution is -2.50. The van der Waals surface area contributed by atoms with Crippen LogP contribution in [0.2, 0.25) is 0 Å². The molecule has 1 aliphatic heterocycles. The van der Waals surface area contributed by atoms with Gasteiger partial charge in [-0.3, -0.25) is 19.4 Å². The van der Waals surface area contributed by atoms with E-state index in [1.807, 2.05) is 31.2 Å². The predicted octanol–water partition coefficient (Wildman–Crippen LogP) is 1.98. The van der Waals surface area contributed by atoms with E-state index in [2.05, 4.69) is 21.2 Å². The Balaban J connectivity index is 1.39. The average molecular weight is 452 g/mol. The van der Waals surface area contributed by atoms with Gasteiger partial charge in [0.05, 0.1) is 24.7 Å². The molecule has 0 bridgehead atoms. The summed E-state index contributed by atoms with van der Waals surface area (Å²) in [6.45, 7) is 7.04. The largest absolute Gasteiger partial charge is 0.350 e. The van der Waals surface area contributed by atoms with Gasteiger partial charge in [-0.25, -0.2) is 4.39 Å². The Morgan fingerprint density at radius 3 is 2.21 bits per heavy atom. The number of carbonyl (C=O) groups is 2. The molecule has 2 amide bonds. The highest BCUT2D eigenvalue weighted by molar-refractivity contribution is 5.85. The number of hydrogen-bond donors (Lipinski definition) is 1. The first kappa shape index (κ1) is 24.4. The van der Waals surface area contributed by atoms with Gasteiger partial charge in [0, 0.05) is 45.8 Å². The first-order valence-electron chi connectivity index (χ1n) is 11.2. The second-order valence-corrected chi connectivity index (χ2v) is 8.17. The number of nitriles is 1. The minimum absolute atomic E-state index is 0.00911. The summed E-state index contributed by atoms with van der Waals surface area (Å²) < 4.78 is 13.0. The molecular weight excluding hydrogens is 421 g/mol. The van der Waals surface area contributed by atoms with Gasteiger partial charge in [0.15, 0.2) is 0 Å². The molecule has 1 fully saturated rings. The molecule has 0 spiro atoms. The molecule has 2 aromatic carbocycles. The molecule has 1 aliphatic rings. The van der Waals surface area contributed by atoms with Crippen molar-refractivity contribution in [2.24, 2.45) is 0 Å². The van der Waals surface area contributed by atoms with Crippen molar-refractivity contribution in [2.45, 2.75) is 20.0 Å². The molecule has 0 saturated carbocycles. The number of halogens is 1. The van der Waals surface area contributed by atoms with Crippen LogP contribution in [0, 0.1) is 17.1 Å². The summed E-state index contributed by atoms with van der Waals surface area (Å²) in [6.07, 6.45) is 0. The van der Waals surface area contributed by atoms with Crippen molar-refractivity contribution in [3.05, 3.63) is 71.0 Å². The molecule has 8 heteroatoms. The van der Waals surface area contributed by atoms with Crippen LogP contribution in [-0.2, 0) is 22.7 Å². The van der Waals surface area contributed by atoms with E-state index in [9.17, 15) is 14.0 Å². The van der Waals surface area contributed by atoms with Gasteiger partial charge in [0.1, 0.15) is 5.82 Å². The Kier molecular flexibility index (Phi) is 8.93. The Bertz CT molecular complexity index is 964. The summed E-state index contributed by atoms with van der Waals surface area (Å²) in [5.74, 6) is -0.611. The molecule has 0 aromatic heterocycles. The van der Waals surface area contributed by atoms with E-state index in [1.165, 1.54) is 17.7 Å². The Morgan fingerprint density at radius 1 is 1.00 bits per heavy atom. The molecule has 7 nitrogen and oxygen atoms in total. The van der Waals surface area contributed by atoms with Crippen molar-refractivity contribution in [1.29, 1.82) is 5.26 Å². The van der Waals surface area contributed by atoms with Gasteiger partial charge >= 0.3 is 0 Å². The molecule has 174 valence electrons. The normalized spacial score (nSPS) is 14.5. The molecule has 0 atom stereocenters. The van der Waals surface area contributed by atoms with Gasteiger partial charge < -0.3 is 10.2 Å². The number of carbonyl (C=O) groups excluding carboxylic acids is 2. The third-order valence-electron chi connectivity index (χ3n) is 5.78. The third kappa shape index (κ3) is 7.67. The molecule has 0 unspecified atom stereocenters. The maximum absolute atomic E-state index is 13.0. The molecule has 33 heavy (non-hydrogen) atoms. The van der Waals surface area contributed by atoms with Crippen LogP contribution in [0.3, 0.4) is 0 Å². The Hall–Kier alpha value is -3.28. The number of likely N-dealkylation sites (N-methyl/N-ethyl adjacent to an activating group) is 1. The average Bonchev–Trinajstić information content (AvgIpc) is 2.83. The zero-order chi connectivity index (χ0) is 23.6. The summed E-state index contributed by atoms with van der Waals surface area (Å²) in [5.41, 5.74) is 2.63. The van der Waals surface area contributed by atoms with Gasteiger partial charge in [0.2, 0.25) is 11.8 Å². The second kappa shape index (κ2) is 12.1. The van der Waals surface area contributed by atoms with Crippen LogP contribution >= 0.6 is 0 Å². The zero-order valence-electron chi connectivity index (χ0n) is 19.0. The topological polar surface area (TPSA) is 79.7 Å². The van der Waals surface area contributed by atoms with Gasteiger partial charge in [-0.2, -0.15) is 5.26 Å². The summed E-state index contributed by atoms with van der Waals surface area (Å²) in [6, 6.07) is 15.7. The van der Waals surface area contributed by atoms with Crippen molar-refractivity contribution in [1.82, 2.24) is 20.0 Å². The number of nitrogens with zero attached hydrogens (tertiary/aromatic N) is 4. The molecular formula is C25H30FN5O2. The number of benzene rings is 2.